The zero-order chi connectivity index (χ0) is 13.6. The zero-order valence-electron chi connectivity index (χ0n) is 9.70. The second-order valence-corrected chi connectivity index (χ2v) is 3.51. The van der Waals surface area contributed by atoms with Crippen LogP contribution in [0.1, 0.15) is 11.6 Å². The van der Waals surface area contributed by atoms with Crippen LogP contribution >= 0.6 is 0 Å². The van der Waals surface area contributed by atoms with E-state index < -0.39 is 18.8 Å². The molecule has 8 heteroatoms. The zero-order valence-corrected chi connectivity index (χ0v) is 9.70. The van der Waals surface area contributed by atoms with Crippen molar-refractivity contribution in [2.75, 3.05) is 20.3 Å². The molecule has 0 bridgehead atoms. The third kappa shape index (κ3) is 4.86. The minimum absolute atomic E-state index is 0.217. The molecule has 1 aromatic heterocycles. The summed E-state index contributed by atoms with van der Waals surface area (Å²) in [5.41, 5.74) is 2.95. The average Bonchev–Trinajstić information content (AvgIpc) is 2.33. The smallest absolute Gasteiger partial charge is 0.411 e. The molecule has 0 saturated carbocycles. The van der Waals surface area contributed by atoms with Crippen molar-refractivity contribution in [2.24, 2.45) is 5.84 Å². The third-order valence-corrected chi connectivity index (χ3v) is 2.12. The van der Waals surface area contributed by atoms with Crippen molar-refractivity contribution in [2.45, 2.75) is 12.2 Å². The molecule has 0 fully saturated rings. The predicted molar refractivity (Wildman–Crippen MR) is 57.7 cm³/mol. The summed E-state index contributed by atoms with van der Waals surface area (Å²) in [5.74, 6) is 5.76. The lowest BCUT2D eigenvalue weighted by Crippen LogP contribution is -2.32. The molecule has 0 aliphatic rings. The Labute approximate surface area is 102 Å². The molecule has 0 aliphatic carbocycles. The molecule has 0 aromatic carbocycles. The van der Waals surface area contributed by atoms with Crippen LogP contribution in [0.15, 0.2) is 18.5 Å². The van der Waals surface area contributed by atoms with Crippen molar-refractivity contribution < 1.29 is 22.6 Å². The van der Waals surface area contributed by atoms with Gasteiger partial charge in [0.2, 0.25) is 0 Å². The van der Waals surface area contributed by atoms with Crippen molar-refractivity contribution in [1.29, 1.82) is 0 Å². The van der Waals surface area contributed by atoms with Gasteiger partial charge in [0.25, 0.3) is 0 Å². The van der Waals surface area contributed by atoms with Gasteiger partial charge in [-0.05, 0) is 11.6 Å². The number of rotatable bonds is 6. The van der Waals surface area contributed by atoms with Gasteiger partial charge in [-0.3, -0.25) is 16.3 Å². The minimum Gasteiger partial charge on any atom is -0.495 e. The average molecular weight is 265 g/mol. The SMILES string of the molecule is COc1cncc(C(COCC(F)(F)F)NN)c1. The number of methoxy groups -OCH3 is 1. The number of hydrazine groups is 1. The van der Waals surface area contributed by atoms with Gasteiger partial charge in [-0.2, -0.15) is 13.2 Å². The molecule has 0 radical (unpaired) electrons. The Morgan fingerprint density at radius 3 is 2.72 bits per heavy atom. The van der Waals surface area contributed by atoms with Gasteiger partial charge in [-0.15, -0.1) is 0 Å². The van der Waals surface area contributed by atoms with E-state index >= 15 is 0 Å². The lowest BCUT2D eigenvalue weighted by molar-refractivity contribution is -0.175. The maximum atomic E-state index is 11.9. The second kappa shape index (κ2) is 6.53. The topological polar surface area (TPSA) is 69.4 Å². The van der Waals surface area contributed by atoms with Gasteiger partial charge in [0.05, 0.1) is 26.0 Å². The Hall–Kier alpha value is -1.38. The number of aromatic nitrogens is 1. The summed E-state index contributed by atoms with van der Waals surface area (Å²) in [6.07, 6.45) is -1.40. The van der Waals surface area contributed by atoms with Crippen LogP contribution < -0.4 is 16.0 Å². The number of hydrogen-bond acceptors (Lipinski definition) is 5. The fourth-order valence-electron chi connectivity index (χ4n) is 1.27. The van der Waals surface area contributed by atoms with E-state index in [4.69, 9.17) is 10.6 Å². The quantitative estimate of drug-likeness (QED) is 0.597. The van der Waals surface area contributed by atoms with Crippen molar-refractivity contribution in [3.8, 4) is 5.75 Å². The molecule has 1 unspecified atom stereocenters. The summed E-state index contributed by atoms with van der Waals surface area (Å²) in [5, 5.41) is 0. The molecule has 102 valence electrons. The summed E-state index contributed by atoms with van der Waals surface area (Å²) < 4.78 is 45.3. The van der Waals surface area contributed by atoms with Crippen LogP contribution in [0.2, 0.25) is 0 Å². The number of nitrogens with zero attached hydrogens (tertiary/aromatic N) is 1. The van der Waals surface area contributed by atoms with Gasteiger partial charge in [0.1, 0.15) is 12.4 Å². The van der Waals surface area contributed by atoms with Crippen LogP contribution in [0.4, 0.5) is 13.2 Å². The predicted octanol–water partition coefficient (Wildman–Crippen LogP) is 1.17. The highest BCUT2D eigenvalue weighted by Gasteiger charge is 2.28. The highest BCUT2D eigenvalue weighted by Crippen LogP contribution is 2.19. The van der Waals surface area contributed by atoms with E-state index in [1.165, 1.54) is 19.5 Å². The fraction of sp³-hybridized carbons (Fsp3) is 0.500. The largest absolute Gasteiger partial charge is 0.495 e. The lowest BCUT2D eigenvalue weighted by Gasteiger charge is -2.17. The number of hydrogen-bond donors (Lipinski definition) is 2. The number of ether oxygens (including phenoxy) is 2. The molecule has 0 aliphatic heterocycles. The molecule has 1 atom stereocenters. The van der Waals surface area contributed by atoms with E-state index in [0.29, 0.717) is 11.3 Å². The van der Waals surface area contributed by atoms with Crippen LogP contribution in [-0.4, -0.2) is 31.5 Å². The normalized spacial score (nSPS) is 13.4. The maximum Gasteiger partial charge on any atom is 0.411 e. The molecular formula is C10H14F3N3O2. The van der Waals surface area contributed by atoms with E-state index in [-0.39, 0.29) is 6.61 Å². The molecular weight excluding hydrogens is 251 g/mol. The molecule has 5 nitrogen and oxygen atoms in total. The number of alkyl halides is 3. The van der Waals surface area contributed by atoms with Gasteiger partial charge in [-0.25, -0.2) is 0 Å². The van der Waals surface area contributed by atoms with Gasteiger partial charge in [0, 0.05) is 6.20 Å². The van der Waals surface area contributed by atoms with Crippen LogP contribution in [0.5, 0.6) is 5.75 Å². The Morgan fingerprint density at radius 2 is 2.17 bits per heavy atom. The first-order valence-electron chi connectivity index (χ1n) is 5.06. The van der Waals surface area contributed by atoms with E-state index in [1.807, 2.05) is 0 Å². The van der Waals surface area contributed by atoms with E-state index in [9.17, 15) is 13.2 Å². The monoisotopic (exact) mass is 265 g/mol. The molecule has 1 heterocycles. The van der Waals surface area contributed by atoms with Gasteiger partial charge in [0.15, 0.2) is 0 Å². The number of nitrogens with one attached hydrogen (secondary N) is 1. The highest BCUT2D eigenvalue weighted by atomic mass is 19.4. The first kappa shape index (κ1) is 14.7. The van der Waals surface area contributed by atoms with Crippen molar-refractivity contribution in [1.82, 2.24) is 10.4 Å². The molecule has 0 spiro atoms. The Bertz CT molecular complexity index is 374. The minimum atomic E-state index is -4.36. The number of nitrogens with two attached hydrogens (primary N) is 1. The third-order valence-electron chi connectivity index (χ3n) is 2.12. The Morgan fingerprint density at radius 1 is 1.44 bits per heavy atom. The van der Waals surface area contributed by atoms with Crippen LogP contribution in [-0.2, 0) is 4.74 Å². The first-order chi connectivity index (χ1) is 8.46. The van der Waals surface area contributed by atoms with E-state index in [1.54, 1.807) is 6.07 Å². The number of pyridine rings is 1. The van der Waals surface area contributed by atoms with Gasteiger partial charge < -0.3 is 9.47 Å². The number of halogens is 3. The molecule has 18 heavy (non-hydrogen) atoms. The van der Waals surface area contributed by atoms with Crippen molar-refractivity contribution in [3.05, 3.63) is 24.0 Å². The molecule has 0 amide bonds. The highest BCUT2D eigenvalue weighted by molar-refractivity contribution is 5.25. The van der Waals surface area contributed by atoms with Crippen molar-refractivity contribution >= 4 is 0 Å². The Kier molecular flexibility index (Phi) is 5.32. The second-order valence-electron chi connectivity index (χ2n) is 3.51. The lowest BCUT2D eigenvalue weighted by atomic mass is 10.1. The molecule has 3 N–H and O–H groups in total. The van der Waals surface area contributed by atoms with Crippen LogP contribution in [0.25, 0.3) is 0 Å². The molecule has 0 saturated heterocycles. The van der Waals surface area contributed by atoms with Gasteiger partial charge in [-0.1, -0.05) is 0 Å². The van der Waals surface area contributed by atoms with Gasteiger partial charge >= 0.3 is 6.18 Å². The summed E-state index contributed by atoms with van der Waals surface area (Å²) >= 11 is 0. The fourth-order valence-corrected chi connectivity index (χ4v) is 1.27. The van der Waals surface area contributed by atoms with Crippen molar-refractivity contribution in [3.63, 3.8) is 0 Å². The summed E-state index contributed by atoms with van der Waals surface area (Å²) in [6.45, 7) is -1.53. The molecule has 1 rings (SSSR count). The standard InChI is InChI=1S/C10H14F3N3O2/c1-17-8-2-7(3-15-4-8)9(16-14)5-18-6-10(11,12)13/h2-4,9,16H,5-6,14H2,1H3. The van der Waals surface area contributed by atoms with Crippen LogP contribution in [0.3, 0.4) is 0 Å². The first-order valence-corrected chi connectivity index (χ1v) is 5.06. The maximum absolute atomic E-state index is 11.9. The molecule has 1 aromatic rings. The van der Waals surface area contributed by atoms with E-state index in [2.05, 4.69) is 15.1 Å². The van der Waals surface area contributed by atoms with Crippen LogP contribution in [0, 0.1) is 0 Å². The Balaban J connectivity index is 2.59. The summed E-state index contributed by atoms with van der Waals surface area (Å²) in [6, 6.07) is 1.03. The summed E-state index contributed by atoms with van der Waals surface area (Å²) in [7, 11) is 1.46. The summed E-state index contributed by atoms with van der Waals surface area (Å²) in [4.78, 5) is 3.88. The van der Waals surface area contributed by atoms with E-state index in [0.717, 1.165) is 0 Å².